The minimum Gasteiger partial charge on any atom is -0.391 e. The van der Waals surface area contributed by atoms with Crippen molar-refractivity contribution < 1.29 is 5.11 Å². The van der Waals surface area contributed by atoms with E-state index in [0.717, 1.165) is 26.7 Å². The van der Waals surface area contributed by atoms with E-state index in [9.17, 15) is 5.11 Å². The van der Waals surface area contributed by atoms with E-state index in [4.69, 9.17) is 11.6 Å². The third-order valence-corrected chi connectivity index (χ3v) is 6.52. The average Bonchev–Trinajstić information content (AvgIpc) is 2.45. The van der Waals surface area contributed by atoms with Crippen molar-refractivity contribution in [3.63, 3.8) is 0 Å². The van der Waals surface area contributed by atoms with Crippen molar-refractivity contribution in [3.8, 4) is 0 Å². The summed E-state index contributed by atoms with van der Waals surface area (Å²) in [4.78, 5) is 1.06. The summed E-state index contributed by atoms with van der Waals surface area (Å²) in [5.41, 5.74) is 0. The van der Waals surface area contributed by atoms with E-state index in [1.165, 1.54) is 32.1 Å². The molecule has 4 heteroatoms. The highest BCUT2D eigenvalue weighted by atomic mass is 35.5. The lowest BCUT2D eigenvalue weighted by Gasteiger charge is -2.22. The topological polar surface area (TPSA) is 20.2 Å². The van der Waals surface area contributed by atoms with Crippen molar-refractivity contribution in [2.24, 2.45) is 0 Å². The van der Waals surface area contributed by atoms with Crippen LogP contribution in [0.5, 0.6) is 0 Å². The van der Waals surface area contributed by atoms with Gasteiger partial charge in [-0.25, -0.2) is 0 Å². The largest absolute Gasteiger partial charge is 0.391 e. The summed E-state index contributed by atoms with van der Waals surface area (Å²) in [5.74, 6) is 1.57. The van der Waals surface area contributed by atoms with Crippen LogP contribution < -0.4 is 0 Å². The number of hydrogen-bond acceptors (Lipinski definition) is 3. The Morgan fingerprint density at radius 1 is 1.16 bits per heavy atom. The second kappa shape index (κ2) is 8.46. The van der Waals surface area contributed by atoms with Crippen LogP contribution in [-0.4, -0.2) is 28.0 Å². The molecular weight excluding hydrogens is 296 g/mol. The number of thioether (sulfide) groups is 2. The first-order valence-corrected chi connectivity index (χ1v) is 9.34. The number of aliphatic hydroxyl groups is 1. The second-order valence-electron chi connectivity index (χ2n) is 4.99. The van der Waals surface area contributed by atoms with Gasteiger partial charge in [-0.15, -0.1) is 11.8 Å². The van der Waals surface area contributed by atoms with Crippen LogP contribution in [0.25, 0.3) is 0 Å². The fraction of sp³-hybridized carbons (Fsp3) is 0.600. The van der Waals surface area contributed by atoms with Gasteiger partial charge in [0.1, 0.15) is 0 Å². The minimum absolute atomic E-state index is 0.242. The molecule has 0 amide bonds. The van der Waals surface area contributed by atoms with E-state index in [0.29, 0.717) is 0 Å². The smallest absolute Gasteiger partial charge is 0.0724 e. The molecule has 1 aromatic rings. The molecule has 0 aliphatic heterocycles. The lowest BCUT2D eigenvalue weighted by Crippen LogP contribution is -2.17. The Morgan fingerprint density at radius 3 is 2.63 bits per heavy atom. The summed E-state index contributed by atoms with van der Waals surface area (Å²) in [6.45, 7) is 0. The van der Waals surface area contributed by atoms with Crippen molar-refractivity contribution in [3.05, 3.63) is 29.3 Å². The molecule has 0 bridgehead atoms. The first-order chi connectivity index (χ1) is 9.25. The molecule has 1 nitrogen and oxygen atoms in total. The zero-order valence-corrected chi connectivity index (χ0v) is 13.4. The molecule has 1 aromatic carbocycles. The van der Waals surface area contributed by atoms with Crippen LogP contribution in [0, 0.1) is 0 Å². The van der Waals surface area contributed by atoms with Crippen molar-refractivity contribution in [2.45, 2.75) is 48.4 Å². The molecule has 1 N–H and O–H groups in total. The van der Waals surface area contributed by atoms with Gasteiger partial charge in [-0.2, -0.15) is 11.8 Å². The highest BCUT2D eigenvalue weighted by Gasteiger charge is 2.15. The van der Waals surface area contributed by atoms with Gasteiger partial charge in [0.05, 0.1) is 11.1 Å². The van der Waals surface area contributed by atoms with E-state index in [1.54, 1.807) is 11.8 Å². The third kappa shape index (κ3) is 5.58. The van der Waals surface area contributed by atoms with Gasteiger partial charge in [0.25, 0.3) is 0 Å². The van der Waals surface area contributed by atoms with Crippen molar-refractivity contribution in [1.82, 2.24) is 0 Å². The summed E-state index contributed by atoms with van der Waals surface area (Å²) < 4.78 is 0. The quantitative estimate of drug-likeness (QED) is 0.757. The maximum Gasteiger partial charge on any atom is 0.0724 e. The molecular formula is C15H21ClOS2. The normalized spacial score (nSPS) is 18.4. The Hall–Kier alpha value is 0.170. The molecule has 19 heavy (non-hydrogen) atoms. The molecule has 1 unspecified atom stereocenters. The molecule has 0 heterocycles. The Bertz CT molecular complexity index is 380. The predicted octanol–water partition coefficient (Wildman–Crippen LogP) is 4.86. The van der Waals surface area contributed by atoms with Crippen LogP contribution in [0.15, 0.2) is 29.2 Å². The predicted molar refractivity (Wildman–Crippen MR) is 87.5 cm³/mol. The van der Waals surface area contributed by atoms with Gasteiger partial charge >= 0.3 is 0 Å². The standard InChI is InChI=1S/C15H21ClOS2/c16-14-8-4-5-9-15(14)19-11-12(17)10-18-13-6-2-1-3-7-13/h4-5,8-9,12-13,17H,1-3,6-7,10-11H2. The molecule has 1 saturated carbocycles. The Labute approximate surface area is 129 Å². The maximum atomic E-state index is 10.0. The van der Waals surface area contributed by atoms with Gasteiger partial charge < -0.3 is 5.11 Å². The van der Waals surface area contributed by atoms with E-state index < -0.39 is 0 Å². The molecule has 1 aliphatic rings. The van der Waals surface area contributed by atoms with Gasteiger partial charge in [-0.05, 0) is 25.0 Å². The summed E-state index contributed by atoms with van der Waals surface area (Å²) in [6.07, 6.45) is 6.53. The van der Waals surface area contributed by atoms with E-state index in [-0.39, 0.29) is 6.10 Å². The van der Waals surface area contributed by atoms with Crippen molar-refractivity contribution >= 4 is 35.1 Å². The zero-order chi connectivity index (χ0) is 13.5. The fourth-order valence-corrected chi connectivity index (χ4v) is 4.87. The van der Waals surface area contributed by atoms with Crippen LogP contribution in [-0.2, 0) is 0 Å². The molecule has 0 saturated heterocycles. The molecule has 1 atom stereocenters. The van der Waals surface area contributed by atoms with Gasteiger partial charge in [0, 0.05) is 21.7 Å². The number of halogens is 1. The molecule has 1 aliphatic carbocycles. The monoisotopic (exact) mass is 316 g/mol. The SMILES string of the molecule is OC(CSc1ccccc1Cl)CSC1CCCCC1. The lowest BCUT2D eigenvalue weighted by molar-refractivity contribution is 0.225. The number of benzene rings is 1. The van der Waals surface area contributed by atoms with E-state index in [1.807, 2.05) is 36.0 Å². The maximum absolute atomic E-state index is 10.0. The summed E-state index contributed by atoms with van der Waals surface area (Å²) in [7, 11) is 0. The first-order valence-electron chi connectivity index (χ1n) is 6.92. The molecule has 0 radical (unpaired) electrons. The summed E-state index contributed by atoms with van der Waals surface area (Å²) >= 11 is 9.69. The number of hydrogen-bond donors (Lipinski definition) is 1. The van der Waals surface area contributed by atoms with Gasteiger partial charge in [0.15, 0.2) is 0 Å². The first kappa shape index (κ1) is 15.6. The minimum atomic E-state index is -0.242. The Kier molecular flexibility index (Phi) is 6.92. The van der Waals surface area contributed by atoms with E-state index >= 15 is 0 Å². The zero-order valence-electron chi connectivity index (χ0n) is 11.1. The number of rotatable bonds is 6. The Morgan fingerprint density at radius 2 is 1.89 bits per heavy atom. The molecule has 1 fully saturated rings. The van der Waals surface area contributed by atoms with Crippen LogP contribution in [0.3, 0.4) is 0 Å². The van der Waals surface area contributed by atoms with Gasteiger partial charge in [-0.3, -0.25) is 0 Å². The average molecular weight is 317 g/mol. The van der Waals surface area contributed by atoms with Crippen LogP contribution in [0.2, 0.25) is 5.02 Å². The molecule has 106 valence electrons. The van der Waals surface area contributed by atoms with Crippen molar-refractivity contribution in [2.75, 3.05) is 11.5 Å². The number of aliphatic hydroxyl groups excluding tert-OH is 1. The van der Waals surface area contributed by atoms with Crippen LogP contribution in [0.1, 0.15) is 32.1 Å². The third-order valence-electron chi connectivity index (χ3n) is 3.34. The summed E-state index contributed by atoms with van der Waals surface area (Å²) in [5, 5.41) is 11.6. The molecule has 0 spiro atoms. The summed E-state index contributed by atoms with van der Waals surface area (Å²) in [6, 6.07) is 7.82. The highest BCUT2D eigenvalue weighted by molar-refractivity contribution is 8.00. The van der Waals surface area contributed by atoms with E-state index in [2.05, 4.69) is 0 Å². The molecule has 0 aromatic heterocycles. The molecule has 2 rings (SSSR count). The van der Waals surface area contributed by atoms with Crippen LogP contribution in [0.4, 0.5) is 0 Å². The second-order valence-corrected chi connectivity index (χ2v) is 7.79. The van der Waals surface area contributed by atoms with Gasteiger partial charge in [0.2, 0.25) is 0 Å². The fourth-order valence-electron chi connectivity index (χ4n) is 2.27. The van der Waals surface area contributed by atoms with Crippen molar-refractivity contribution in [1.29, 1.82) is 0 Å². The highest BCUT2D eigenvalue weighted by Crippen LogP contribution is 2.30. The van der Waals surface area contributed by atoms with Crippen LogP contribution >= 0.6 is 35.1 Å². The lowest BCUT2D eigenvalue weighted by atomic mass is 10.0. The Balaban J connectivity index is 1.66. The van der Waals surface area contributed by atoms with Gasteiger partial charge in [-0.1, -0.05) is 43.0 Å².